The summed E-state index contributed by atoms with van der Waals surface area (Å²) >= 11 is 1.59. The number of hydrogen-bond acceptors (Lipinski definition) is 7. The number of nitrogens with zero attached hydrogens (tertiary/aromatic N) is 2. The largest absolute Gasteiger partial charge is 0.391 e. The second-order valence-electron chi connectivity index (χ2n) is 11.6. The number of aryl methyl sites for hydroxylation is 1. The first kappa shape index (κ1) is 32.5. The Balaban J connectivity index is 0.00000462. The Hall–Kier alpha value is -2.97. The Morgan fingerprint density at radius 1 is 1.20 bits per heavy atom. The number of hydrogen-bond donors (Lipinski definition) is 4. The predicted octanol–water partition coefficient (Wildman–Crippen LogP) is 2.65. The average Bonchev–Trinajstić information content (AvgIpc) is 3.54. The number of carbonyl (C=O) groups excluding carboxylic acids is 3. The number of piperidine rings is 1. The summed E-state index contributed by atoms with van der Waals surface area (Å²) in [7, 11) is 0. The number of β-amino-alcohol motifs (C(OH)–C–C–N with tert-alkyl or cyclic N) is 1. The Kier molecular flexibility index (Phi) is 11.3. The molecule has 3 atom stereocenters. The van der Waals surface area contributed by atoms with Gasteiger partial charge in [0.2, 0.25) is 11.8 Å². The summed E-state index contributed by atoms with van der Waals surface area (Å²) in [4.78, 5) is 46.4. The molecule has 2 saturated heterocycles. The number of amides is 3. The fraction of sp³-hybridized carbons (Fsp3) is 0.533. The lowest BCUT2D eigenvalue weighted by Crippen LogP contribution is -2.57. The van der Waals surface area contributed by atoms with Gasteiger partial charge in [0, 0.05) is 25.4 Å². The molecule has 4 N–H and O–H groups in total. The third-order valence-corrected chi connectivity index (χ3v) is 8.39. The standard InChI is InChI=1S/C30H39N5O4S.ClH/c1-19-26(40-18-33-19)22-8-5-21(6-9-22)16-32-28(38)24-15-23(36)17-35(24)29(39)27(30(2,3)4)34-25(37)10-7-20-11-13-31-14-12-20;/h5-6,8-9,18,20,23-24,27,31,36H,11-17H2,1-4H3,(H,32,38)(H,34,37);1H/t23-,24+,27-;/m1./s1. The van der Waals surface area contributed by atoms with Crippen molar-refractivity contribution in [1.82, 2.24) is 25.8 Å². The number of aliphatic hydroxyl groups excluding tert-OH is 1. The number of aliphatic hydroxyl groups is 1. The molecule has 1 aromatic carbocycles. The summed E-state index contributed by atoms with van der Waals surface area (Å²) in [5.41, 5.74) is 4.16. The van der Waals surface area contributed by atoms with E-state index in [-0.39, 0.29) is 37.2 Å². The van der Waals surface area contributed by atoms with Crippen LogP contribution in [0.2, 0.25) is 0 Å². The Morgan fingerprint density at radius 2 is 1.88 bits per heavy atom. The summed E-state index contributed by atoms with van der Waals surface area (Å²) in [6, 6.07) is 6.19. The van der Waals surface area contributed by atoms with E-state index in [4.69, 9.17) is 0 Å². The van der Waals surface area contributed by atoms with Crippen LogP contribution in [0.25, 0.3) is 10.4 Å². The van der Waals surface area contributed by atoms with Crippen molar-refractivity contribution in [2.24, 2.45) is 11.3 Å². The number of benzene rings is 1. The molecule has 3 amide bonds. The smallest absolute Gasteiger partial charge is 0.296 e. The molecular weight excluding hydrogens is 562 g/mol. The predicted molar refractivity (Wildman–Crippen MR) is 162 cm³/mol. The third kappa shape index (κ3) is 8.52. The van der Waals surface area contributed by atoms with E-state index >= 15 is 0 Å². The number of carbonyl (C=O) groups is 3. The average molecular weight is 602 g/mol. The molecule has 0 radical (unpaired) electrons. The van der Waals surface area contributed by atoms with Crippen molar-refractivity contribution in [3.05, 3.63) is 41.0 Å². The molecule has 2 fully saturated rings. The molecule has 2 aromatic rings. The normalized spacial score (nSPS) is 19.9. The van der Waals surface area contributed by atoms with E-state index in [0.717, 1.165) is 47.6 Å². The first-order valence-corrected chi connectivity index (χ1v) is 14.7. The first-order valence-electron chi connectivity index (χ1n) is 13.8. The lowest BCUT2D eigenvalue weighted by molar-refractivity contribution is -0.143. The second kappa shape index (κ2) is 14.3. The summed E-state index contributed by atoms with van der Waals surface area (Å²) in [5, 5.41) is 19.4. The molecule has 2 aliphatic rings. The van der Waals surface area contributed by atoms with Crippen molar-refractivity contribution < 1.29 is 19.5 Å². The van der Waals surface area contributed by atoms with Gasteiger partial charge in [0.25, 0.3) is 5.91 Å². The van der Waals surface area contributed by atoms with Gasteiger partial charge in [-0.05, 0) is 55.3 Å². The minimum Gasteiger partial charge on any atom is -0.391 e. The molecule has 0 saturated carbocycles. The molecule has 9 nitrogen and oxygen atoms in total. The van der Waals surface area contributed by atoms with E-state index in [1.807, 2.05) is 57.5 Å². The maximum absolute atomic E-state index is 13.7. The number of nitrogens with one attached hydrogen (secondary N) is 3. The van der Waals surface area contributed by atoms with E-state index in [2.05, 4.69) is 32.8 Å². The van der Waals surface area contributed by atoms with Gasteiger partial charge in [0.05, 0.1) is 22.2 Å². The Bertz CT molecular complexity index is 1270. The van der Waals surface area contributed by atoms with Gasteiger partial charge in [-0.15, -0.1) is 23.7 Å². The molecule has 1 aromatic heterocycles. The highest BCUT2D eigenvalue weighted by molar-refractivity contribution is 7.13. The molecule has 0 aliphatic carbocycles. The quantitative estimate of drug-likeness (QED) is 0.378. The van der Waals surface area contributed by atoms with Gasteiger partial charge in [-0.1, -0.05) is 51.0 Å². The molecule has 2 aliphatic heterocycles. The fourth-order valence-electron chi connectivity index (χ4n) is 5.08. The monoisotopic (exact) mass is 601 g/mol. The van der Waals surface area contributed by atoms with Crippen LogP contribution in [0.15, 0.2) is 29.8 Å². The number of aromatic nitrogens is 1. The lowest BCUT2D eigenvalue weighted by atomic mass is 9.85. The summed E-state index contributed by atoms with van der Waals surface area (Å²) in [5.74, 6) is 4.62. The van der Waals surface area contributed by atoms with E-state index in [1.165, 1.54) is 4.90 Å². The molecule has 3 heterocycles. The zero-order valence-corrected chi connectivity index (χ0v) is 25.7. The minimum absolute atomic E-state index is 0. The van der Waals surface area contributed by atoms with Crippen LogP contribution >= 0.6 is 23.7 Å². The Morgan fingerprint density at radius 3 is 2.49 bits per heavy atom. The van der Waals surface area contributed by atoms with E-state index in [9.17, 15) is 19.5 Å². The highest BCUT2D eigenvalue weighted by Gasteiger charge is 2.44. The van der Waals surface area contributed by atoms with Crippen LogP contribution in [-0.4, -0.2) is 70.5 Å². The maximum atomic E-state index is 13.7. The molecule has 41 heavy (non-hydrogen) atoms. The molecule has 0 bridgehead atoms. The van der Waals surface area contributed by atoms with Crippen LogP contribution in [0.3, 0.4) is 0 Å². The van der Waals surface area contributed by atoms with E-state index in [0.29, 0.717) is 6.54 Å². The highest BCUT2D eigenvalue weighted by atomic mass is 35.5. The number of likely N-dealkylation sites (tertiary alicyclic amines) is 1. The molecule has 0 spiro atoms. The van der Waals surface area contributed by atoms with Crippen LogP contribution in [-0.2, 0) is 20.9 Å². The van der Waals surface area contributed by atoms with Crippen molar-refractivity contribution in [1.29, 1.82) is 0 Å². The number of halogens is 1. The van der Waals surface area contributed by atoms with Crippen LogP contribution in [0.1, 0.15) is 51.3 Å². The summed E-state index contributed by atoms with van der Waals surface area (Å²) in [6.07, 6.45) is 1.10. The summed E-state index contributed by atoms with van der Waals surface area (Å²) < 4.78 is 0. The van der Waals surface area contributed by atoms with Crippen molar-refractivity contribution in [2.75, 3.05) is 19.6 Å². The highest BCUT2D eigenvalue weighted by Crippen LogP contribution is 2.28. The molecular formula is C30H40ClN5O4S. The van der Waals surface area contributed by atoms with Gasteiger partial charge < -0.3 is 26.0 Å². The van der Waals surface area contributed by atoms with Gasteiger partial charge in [-0.2, -0.15) is 0 Å². The zero-order valence-electron chi connectivity index (χ0n) is 24.0. The van der Waals surface area contributed by atoms with Gasteiger partial charge in [-0.3, -0.25) is 14.4 Å². The van der Waals surface area contributed by atoms with Crippen molar-refractivity contribution >= 4 is 41.5 Å². The van der Waals surface area contributed by atoms with Crippen LogP contribution in [0, 0.1) is 30.1 Å². The van der Waals surface area contributed by atoms with Gasteiger partial charge in [-0.25, -0.2) is 4.98 Å². The maximum Gasteiger partial charge on any atom is 0.296 e. The fourth-order valence-corrected chi connectivity index (χ4v) is 5.89. The molecule has 11 heteroatoms. The molecule has 4 rings (SSSR count). The van der Waals surface area contributed by atoms with Gasteiger partial charge >= 0.3 is 0 Å². The SMILES string of the molecule is Cc1ncsc1-c1ccc(CNC(=O)[C@@H]2C[C@@H](O)CN2C(=O)[C@@H](NC(=O)C#CC2CCNCC2)C(C)(C)C)cc1.Cl. The van der Waals surface area contributed by atoms with Crippen molar-refractivity contribution in [3.8, 4) is 22.3 Å². The van der Waals surface area contributed by atoms with Gasteiger partial charge in [0.1, 0.15) is 12.1 Å². The molecule has 0 unspecified atom stereocenters. The van der Waals surface area contributed by atoms with Crippen LogP contribution in [0.5, 0.6) is 0 Å². The number of thiazole rings is 1. The lowest BCUT2D eigenvalue weighted by Gasteiger charge is -2.35. The van der Waals surface area contributed by atoms with Crippen molar-refractivity contribution in [2.45, 2.75) is 71.7 Å². The summed E-state index contributed by atoms with van der Waals surface area (Å²) in [6.45, 7) is 9.62. The minimum atomic E-state index is -0.898. The van der Waals surface area contributed by atoms with Crippen molar-refractivity contribution in [3.63, 3.8) is 0 Å². The van der Waals surface area contributed by atoms with E-state index in [1.54, 1.807) is 11.3 Å². The third-order valence-electron chi connectivity index (χ3n) is 7.41. The number of rotatable bonds is 6. The molecule has 222 valence electrons. The first-order chi connectivity index (χ1) is 19.0. The van der Waals surface area contributed by atoms with Crippen LogP contribution < -0.4 is 16.0 Å². The topological polar surface area (TPSA) is 124 Å². The zero-order chi connectivity index (χ0) is 28.9. The Labute approximate surface area is 252 Å². The van der Waals surface area contributed by atoms with Gasteiger partial charge in [0.15, 0.2) is 0 Å². The second-order valence-corrected chi connectivity index (χ2v) is 12.5. The van der Waals surface area contributed by atoms with E-state index < -0.39 is 35.4 Å². The van der Waals surface area contributed by atoms with Crippen LogP contribution in [0.4, 0.5) is 0 Å².